The van der Waals surface area contributed by atoms with Crippen LogP contribution in [0, 0.1) is 0 Å². The van der Waals surface area contributed by atoms with E-state index in [1.165, 1.54) is 18.2 Å². The molecule has 0 fully saturated rings. The van der Waals surface area contributed by atoms with Crippen molar-refractivity contribution in [2.45, 2.75) is 6.61 Å². The zero-order valence-corrected chi connectivity index (χ0v) is 14.7. The Morgan fingerprint density at radius 3 is 2.62 bits per heavy atom. The molecule has 0 saturated carbocycles. The standard InChI is InChI=1S/C17H12ClF2N3O2S/c18-11-8-10(25-16(19)20)6-7-12(11)22-17-23-15(21)14(26-17)13(24)9-4-2-1-3-5-9/h1-8,16H,21H2,(H,22,23). The van der Waals surface area contributed by atoms with Crippen molar-refractivity contribution in [3.63, 3.8) is 0 Å². The molecule has 0 unspecified atom stereocenters. The monoisotopic (exact) mass is 395 g/mol. The van der Waals surface area contributed by atoms with Gasteiger partial charge in [0.25, 0.3) is 0 Å². The van der Waals surface area contributed by atoms with Crippen molar-refractivity contribution in [2.75, 3.05) is 11.1 Å². The molecular weight excluding hydrogens is 384 g/mol. The number of carbonyl (C=O) groups is 1. The number of halogens is 3. The molecule has 0 atom stereocenters. The van der Waals surface area contributed by atoms with E-state index < -0.39 is 6.61 Å². The summed E-state index contributed by atoms with van der Waals surface area (Å²) in [5.74, 6) is -0.199. The van der Waals surface area contributed by atoms with E-state index >= 15 is 0 Å². The van der Waals surface area contributed by atoms with Crippen LogP contribution in [0.4, 0.5) is 25.4 Å². The van der Waals surface area contributed by atoms with Crippen LogP contribution in [0.1, 0.15) is 15.2 Å². The summed E-state index contributed by atoms with van der Waals surface area (Å²) >= 11 is 7.13. The lowest BCUT2D eigenvalue weighted by Crippen LogP contribution is -2.02. The predicted octanol–water partition coefficient (Wildman–Crippen LogP) is 4.95. The number of thiazole rings is 1. The number of carbonyl (C=O) groups excluding carboxylic acids is 1. The first-order valence-electron chi connectivity index (χ1n) is 7.31. The van der Waals surface area contributed by atoms with Crippen LogP contribution < -0.4 is 15.8 Å². The molecule has 0 amide bonds. The minimum absolute atomic E-state index is 0.0610. The van der Waals surface area contributed by atoms with Gasteiger partial charge in [-0.25, -0.2) is 4.98 Å². The third kappa shape index (κ3) is 4.09. The Labute approximate surface area is 156 Å². The number of ketones is 1. The van der Waals surface area contributed by atoms with Gasteiger partial charge in [-0.05, 0) is 12.1 Å². The lowest BCUT2D eigenvalue weighted by molar-refractivity contribution is -0.0498. The highest BCUT2D eigenvalue weighted by Crippen LogP contribution is 2.34. The van der Waals surface area contributed by atoms with Crippen molar-refractivity contribution in [1.82, 2.24) is 4.98 Å². The van der Waals surface area contributed by atoms with Gasteiger partial charge in [0.05, 0.1) is 10.7 Å². The summed E-state index contributed by atoms with van der Waals surface area (Å²) in [4.78, 5) is 16.9. The number of benzene rings is 2. The smallest absolute Gasteiger partial charge is 0.387 e. The lowest BCUT2D eigenvalue weighted by atomic mass is 10.1. The van der Waals surface area contributed by atoms with Crippen LogP contribution >= 0.6 is 22.9 Å². The van der Waals surface area contributed by atoms with Crippen LogP contribution in [-0.4, -0.2) is 17.4 Å². The molecule has 2 aromatic carbocycles. The number of hydrogen-bond acceptors (Lipinski definition) is 6. The second-order valence-corrected chi connectivity index (χ2v) is 6.48. The highest BCUT2D eigenvalue weighted by atomic mass is 35.5. The Morgan fingerprint density at radius 2 is 1.96 bits per heavy atom. The number of aromatic nitrogens is 1. The van der Waals surface area contributed by atoms with Crippen LogP contribution in [-0.2, 0) is 0 Å². The number of alkyl halides is 2. The molecule has 0 saturated heterocycles. The van der Waals surface area contributed by atoms with Gasteiger partial charge in [-0.1, -0.05) is 53.3 Å². The minimum atomic E-state index is -2.94. The maximum absolute atomic E-state index is 12.5. The maximum atomic E-state index is 12.5. The fourth-order valence-electron chi connectivity index (χ4n) is 2.16. The molecule has 26 heavy (non-hydrogen) atoms. The largest absolute Gasteiger partial charge is 0.435 e. The lowest BCUT2D eigenvalue weighted by Gasteiger charge is -2.08. The second kappa shape index (κ2) is 7.67. The molecule has 3 N–H and O–H groups in total. The van der Waals surface area contributed by atoms with Crippen molar-refractivity contribution in [1.29, 1.82) is 0 Å². The van der Waals surface area contributed by atoms with Gasteiger partial charge >= 0.3 is 6.61 Å². The van der Waals surface area contributed by atoms with Gasteiger partial charge in [0, 0.05) is 11.6 Å². The SMILES string of the molecule is Nc1nc(Nc2ccc(OC(F)F)cc2Cl)sc1C(=O)c1ccccc1. The van der Waals surface area contributed by atoms with Gasteiger partial charge in [-0.3, -0.25) is 4.79 Å². The van der Waals surface area contributed by atoms with Crippen molar-refractivity contribution in [3.05, 3.63) is 64.0 Å². The van der Waals surface area contributed by atoms with E-state index in [9.17, 15) is 13.6 Å². The average Bonchev–Trinajstić information content (AvgIpc) is 2.97. The number of hydrogen-bond donors (Lipinski definition) is 2. The summed E-state index contributed by atoms with van der Waals surface area (Å²) < 4.78 is 28.7. The van der Waals surface area contributed by atoms with Crippen molar-refractivity contribution in [2.24, 2.45) is 0 Å². The Morgan fingerprint density at radius 1 is 1.23 bits per heavy atom. The first-order valence-corrected chi connectivity index (χ1v) is 8.51. The molecule has 3 rings (SSSR count). The van der Waals surface area contributed by atoms with Gasteiger partial charge in [-0.2, -0.15) is 8.78 Å². The molecule has 5 nitrogen and oxygen atoms in total. The third-order valence-electron chi connectivity index (χ3n) is 3.30. The van der Waals surface area contributed by atoms with Crippen molar-refractivity contribution in [3.8, 4) is 5.75 Å². The molecule has 1 heterocycles. The number of nitrogen functional groups attached to an aromatic ring is 1. The quantitative estimate of drug-likeness (QED) is 0.577. The third-order valence-corrected chi connectivity index (χ3v) is 4.60. The van der Waals surface area contributed by atoms with Crippen molar-refractivity contribution >= 4 is 45.4 Å². The van der Waals surface area contributed by atoms with Gasteiger partial charge in [0.15, 0.2) is 5.13 Å². The second-order valence-electron chi connectivity index (χ2n) is 5.07. The normalized spacial score (nSPS) is 10.8. The molecule has 0 aliphatic heterocycles. The Kier molecular flexibility index (Phi) is 5.34. The van der Waals surface area contributed by atoms with Crippen LogP contribution in [0.25, 0.3) is 0 Å². The van der Waals surface area contributed by atoms with E-state index in [0.717, 1.165) is 11.3 Å². The van der Waals surface area contributed by atoms with Gasteiger partial charge in [0.1, 0.15) is 16.4 Å². The van der Waals surface area contributed by atoms with E-state index in [-0.39, 0.29) is 22.4 Å². The maximum Gasteiger partial charge on any atom is 0.387 e. The fourth-order valence-corrected chi connectivity index (χ4v) is 3.23. The Bertz CT molecular complexity index is 935. The first-order chi connectivity index (χ1) is 12.4. The van der Waals surface area contributed by atoms with E-state index in [1.807, 2.05) is 6.07 Å². The summed E-state index contributed by atoms with van der Waals surface area (Å²) in [6.45, 7) is -2.94. The summed E-state index contributed by atoms with van der Waals surface area (Å²) in [7, 11) is 0. The number of rotatable bonds is 6. The molecule has 9 heteroatoms. The average molecular weight is 396 g/mol. The zero-order chi connectivity index (χ0) is 18.7. The molecule has 0 bridgehead atoms. The minimum Gasteiger partial charge on any atom is -0.435 e. The van der Waals surface area contributed by atoms with E-state index in [2.05, 4.69) is 15.0 Å². The molecule has 0 aliphatic carbocycles. The van der Waals surface area contributed by atoms with E-state index in [1.54, 1.807) is 24.3 Å². The number of nitrogens with two attached hydrogens (primary N) is 1. The fraction of sp³-hybridized carbons (Fsp3) is 0.0588. The Balaban J connectivity index is 1.81. The van der Waals surface area contributed by atoms with Gasteiger partial charge in [-0.15, -0.1) is 0 Å². The van der Waals surface area contributed by atoms with Crippen LogP contribution in [0.5, 0.6) is 5.75 Å². The molecule has 134 valence electrons. The molecule has 0 radical (unpaired) electrons. The Hall–Kier alpha value is -2.71. The predicted molar refractivity (Wildman–Crippen MR) is 97.8 cm³/mol. The zero-order valence-electron chi connectivity index (χ0n) is 13.1. The molecule has 1 aromatic heterocycles. The van der Waals surface area contributed by atoms with Crippen LogP contribution in [0.3, 0.4) is 0 Å². The highest BCUT2D eigenvalue weighted by molar-refractivity contribution is 7.18. The number of anilines is 3. The summed E-state index contributed by atoms with van der Waals surface area (Å²) in [5, 5.41) is 3.43. The highest BCUT2D eigenvalue weighted by Gasteiger charge is 2.18. The van der Waals surface area contributed by atoms with Crippen LogP contribution in [0.2, 0.25) is 5.02 Å². The summed E-state index contributed by atoms with van der Waals surface area (Å²) in [5.41, 5.74) is 6.77. The number of ether oxygens (including phenoxy) is 1. The van der Waals surface area contributed by atoms with Gasteiger partial charge in [0.2, 0.25) is 5.78 Å². The number of nitrogens with one attached hydrogen (secondary N) is 1. The molecule has 0 aliphatic rings. The number of nitrogens with zero attached hydrogens (tertiary/aromatic N) is 1. The topological polar surface area (TPSA) is 77.2 Å². The van der Waals surface area contributed by atoms with Gasteiger partial charge < -0.3 is 15.8 Å². The molecule has 3 aromatic rings. The molecule has 0 spiro atoms. The van der Waals surface area contributed by atoms with Crippen molar-refractivity contribution < 1.29 is 18.3 Å². The summed E-state index contributed by atoms with van der Waals surface area (Å²) in [6, 6.07) is 12.8. The van der Waals surface area contributed by atoms with Crippen LogP contribution in [0.15, 0.2) is 48.5 Å². The van der Waals surface area contributed by atoms with E-state index in [0.29, 0.717) is 21.3 Å². The summed E-state index contributed by atoms with van der Waals surface area (Å²) in [6.07, 6.45) is 0. The van der Waals surface area contributed by atoms with E-state index in [4.69, 9.17) is 17.3 Å². The first kappa shape index (κ1) is 18.1. The molecular formula is C17H12ClF2N3O2S.